The van der Waals surface area contributed by atoms with Gasteiger partial charge in [0, 0.05) is 12.1 Å². The molecule has 3 N–H and O–H groups in total. The Labute approximate surface area is 154 Å². The van der Waals surface area contributed by atoms with E-state index in [0.717, 1.165) is 11.1 Å². The number of aliphatic hydroxyl groups is 1. The molecule has 0 saturated carbocycles. The Morgan fingerprint density at radius 1 is 1.22 bits per heavy atom. The van der Waals surface area contributed by atoms with E-state index in [-0.39, 0.29) is 12.3 Å². The van der Waals surface area contributed by atoms with Gasteiger partial charge in [-0.1, -0.05) is 24.3 Å². The minimum Gasteiger partial charge on any atom is -0.406 e. The number of primary amides is 1. The third kappa shape index (κ3) is 4.71. The average Bonchev–Trinajstić information content (AvgIpc) is 2.59. The number of anilines is 1. The molecular weight excluding hydrogens is 361 g/mol. The first kappa shape index (κ1) is 19.0. The number of alkyl halides is 3. The van der Waals surface area contributed by atoms with Crippen molar-refractivity contribution in [3.63, 3.8) is 0 Å². The number of halogens is 3. The second-order valence-corrected chi connectivity index (χ2v) is 6.43. The van der Waals surface area contributed by atoms with Crippen molar-refractivity contribution in [1.82, 2.24) is 0 Å². The summed E-state index contributed by atoms with van der Waals surface area (Å²) in [6.45, 7) is 0.0914. The SMILES string of the molecule is NC(=O)N(Cc1ccc(OC(F)(F)F)cc1)c1cccc2c1CC(O)CC2. The maximum absolute atomic E-state index is 12.3. The number of amides is 2. The number of benzene rings is 2. The third-order valence-electron chi connectivity index (χ3n) is 4.49. The summed E-state index contributed by atoms with van der Waals surface area (Å²) in [4.78, 5) is 13.4. The fourth-order valence-electron chi connectivity index (χ4n) is 3.26. The number of nitrogens with zero attached hydrogens (tertiary/aromatic N) is 1. The van der Waals surface area contributed by atoms with E-state index in [1.165, 1.54) is 29.2 Å². The van der Waals surface area contributed by atoms with Gasteiger partial charge in [0.05, 0.1) is 12.6 Å². The highest BCUT2D eigenvalue weighted by atomic mass is 19.4. The van der Waals surface area contributed by atoms with E-state index in [9.17, 15) is 23.1 Å². The van der Waals surface area contributed by atoms with Crippen LogP contribution in [0.15, 0.2) is 42.5 Å². The molecule has 0 spiro atoms. The van der Waals surface area contributed by atoms with Crippen molar-refractivity contribution < 1.29 is 27.8 Å². The Morgan fingerprint density at radius 3 is 2.56 bits per heavy atom. The van der Waals surface area contributed by atoms with Gasteiger partial charge >= 0.3 is 12.4 Å². The van der Waals surface area contributed by atoms with Crippen molar-refractivity contribution in [3.8, 4) is 5.75 Å². The summed E-state index contributed by atoms with van der Waals surface area (Å²) in [5, 5.41) is 9.97. The van der Waals surface area contributed by atoms with Gasteiger partial charge in [-0.2, -0.15) is 0 Å². The Balaban J connectivity index is 1.85. The van der Waals surface area contributed by atoms with Crippen LogP contribution in [0.25, 0.3) is 0 Å². The van der Waals surface area contributed by atoms with Crippen molar-refractivity contribution in [3.05, 3.63) is 59.2 Å². The topological polar surface area (TPSA) is 75.8 Å². The minimum atomic E-state index is -4.76. The number of rotatable bonds is 4. The lowest BCUT2D eigenvalue weighted by atomic mass is 9.88. The predicted molar refractivity (Wildman–Crippen MR) is 93.4 cm³/mol. The van der Waals surface area contributed by atoms with Crippen LogP contribution in [0.2, 0.25) is 0 Å². The van der Waals surface area contributed by atoms with Crippen LogP contribution in [0.5, 0.6) is 5.75 Å². The number of aliphatic hydroxyl groups excluding tert-OH is 1. The second-order valence-electron chi connectivity index (χ2n) is 6.43. The first-order chi connectivity index (χ1) is 12.7. The Bertz CT molecular complexity index is 822. The third-order valence-corrected chi connectivity index (χ3v) is 4.49. The molecule has 1 aliphatic carbocycles. The standard InChI is InChI=1S/C19H19F3N2O3/c20-19(21,22)27-15-8-4-12(5-9-15)11-24(18(23)26)17-3-1-2-13-6-7-14(25)10-16(13)17/h1-5,8-9,14,25H,6-7,10-11H2,(H2,23,26). The van der Waals surface area contributed by atoms with Crippen molar-refractivity contribution in [2.24, 2.45) is 5.73 Å². The van der Waals surface area contributed by atoms with Crippen molar-refractivity contribution in [2.75, 3.05) is 4.90 Å². The lowest BCUT2D eigenvalue weighted by Crippen LogP contribution is -2.36. The number of carbonyl (C=O) groups excluding carboxylic acids is 1. The molecule has 1 atom stereocenters. The van der Waals surface area contributed by atoms with Gasteiger partial charge in [-0.05, 0) is 47.7 Å². The van der Waals surface area contributed by atoms with Crippen molar-refractivity contribution >= 4 is 11.7 Å². The largest absolute Gasteiger partial charge is 0.573 e. The van der Waals surface area contributed by atoms with E-state index in [1.54, 1.807) is 6.07 Å². The first-order valence-electron chi connectivity index (χ1n) is 8.43. The van der Waals surface area contributed by atoms with Crippen LogP contribution >= 0.6 is 0 Å². The summed E-state index contributed by atoms with van der Waals surface area (Å²) in [5.41, 5.74) is 8.67. The number of urea groups is 1. The number of carbonyl (C=O) groups is 1. The molecule has 2 amide bonds. The number of ether oxygens (including phenoxy) is 1. The minimum absolute atomic E-state index is 0.0914. The molecule has 0 aliphatic heterocycles. The Morgan fingerprint density at radius 2 is 1.93 bits per heavy atom. The molecule has 144 valence electrons. The quantitative estimate of drug-likeness (QED) is 0.852. The van der Waals surface area contributed by atoms with Crippen LogP contribution in [-0.4, -0.2) is 23.6 Å². The predicted octanol–water partition coefficient (Wildman–Crippen LogP) is 3.52. The summed E-state index contributed by atoms with van der Waals surface area (Å²) in [7, 11) is 0. The van der Waals surface area contributed by atoms with Crippen LogP contribution in [0.1, 0.15) is 23.1 Å². The number of nitrogens with two attached hydrogens (primary N) is 1. The maximum Gasteiger partial charge on any atom is 0.573 e. The van der Waals surface area contributed by atoms with Gasteiger partial charge < -0.3 is 15.6 Å². The van der Waals surface area contributed by atoms with E-state index in [1.807, 2.05) is 12.1 Å². The number of hydrogen-bond acceptors (Lipinski definition) is 3. The summed E-state index contributed by atoms with van der Waals surface area (Å²) in [6, 6.07) is 10.1. The maximum atomic E-state index is 12.3. The first-order valence-corrected chi connectivity index (χ1v) is 8.43. The van der Waals surface area contributed by atoms with Gasteiger partial charge in [-0.3, -0.25) is 4.90 Å². The zero-order valence-electron chi connectivity index (χ0n) is 14.4. The highest BCUT2D eigenvalue weighted by molar-refractivity contribution is 5.91. The van der Waals surface area contributed by atoms with Gasteiger partial charge in [-0.25, -0.2) is 4.79 Å². The molecule has 0 aromatic heterocycles. The Kier molecular flexibility index (Phi) is 5.27. The molecule has 3 rings (SSSR count). The van der Waals surface area contributed by atoms with E-state index < -0.39 is 18.5 Å². The number of fused-ring (bicyclic) bond motifs is 1. The van der Waals surface area contributed by atoms with Gasteiger partial charge in [0.2, 0.25) is 0 Å². The van der Waals surface area contributed by atoms with Crippen molar-refractivity contribution in [2.45, 2.75) is 38.3 Å². The molecule has 2 aromatic rings. The second kappa shape index (κ2) is 7.48. The van der Waals surface area contributed by atoms with Crippen LogP contribution in [0.3, 0.4) is 0 Å². The van der Waals surface area contributed by atoms with E-state index >= 15 is 0 Å². The highest BCUT2D eigenvalue weighted by Crippen LogP contribution is 2.32. The van der Waals surface area contributed by atoms with Crippen LogP contribution in [0.4, 0.5) is 23.7 Å². The highest BCUT2D eigenvalue weighted by Gasteiger charge is 2.31. The van der Waals surface area contributed by atoms with Crippen LogP contribution < -0.4 is 15.4 Å². The molecule has 27 heavy (non-hydrogen) atoms. The number of aryl methyl sites for hydroxylation is 1. The van der Waals surface area contributed by atoms with Gasteiger partial charge in [0.25, 0.3) is 0 Å². The number of hydrogen-bond donors (Lipinski definition) is 2. The molecule has 1 unspecified atom stereocenters. The monoisotopic (exact) mass is 380 g/mol. The molecule has 0 saturated heterocycles. The van der Waals surface area contributed by atoms with Crippen LogP contribution in [-0.2, 0) is 19.4 Å². The lowest BCUT2D eigenvalue weighted by Gasteiger charge is -2.29. The van der Waals surface area contributed by atoms with Crippen LogP contribution in [0, 0.1) is 0 Å². The smallest absolute Gasteiger partial charge is 0.406 e. The van der Waals surface area contributed by atoms with Gasteiger partial charge in [-0.15, -0.1) is 13.2 Å². The fourth-order valence-corrected chi connectivity index (χ4v) is 3.26. The molecular formula is C19H19F3N2O3. The summed E-state index contributed by atoms with van der Waals surface area (Å²) in [5.74, 6) is -0.336. The summed E-state index contributed by atoms with van der Waals surface area (Å²) < 4.78 is 40.6. The van der Waals surface area contributed by atoms with E-state index in [2.05, 4.69) is 4.74 Å². The average molecular weight is 380 g/mol. The Hall–Kier alpha value is -2.74. The van der Waals surface area contributed by atoms with Gasteiger partial charge in [0.15, 0.2) is 0 Å². The molecule has 1 aliphatic rings. The molecule has 2 aromatic carbocycles. The molecule has 0 bridgehead atoms. The molecule has 0 fully saturated rings. The van der Waals surface area contributed by atoms with E-state index in [0.29, 0.717) is 30.5 Å². The zero-order chi connectivity index (χ0) is 19.6. The molecule has 5 nitrogen and oxygen atoms in total. The van der Waals surface area contributed by atoms with E-state index in [4.69, 9.17) is 5.73 Å². The normalized spacial score (nSPS) is 16.5. The summed E-state index contributed by atoms with van der Waals surface area (Å²) >= 11 is 0. The zero-order valence-corrected chi connectivity index (χ0v) is 14.4. The fraction of sp³-hybridized carbons (Fsp3) is 0.316. The molecule has 8 heteroatoms. The lowest BCUT2D eigenvalue weighted by molar-refractivity contribution is -0.274. The van der Waals surface area contributed by atoms with Crippen molar-refractivity contribution in [1.29, 1.82) is 0 Å². The summed E-state index contributed by atoms with van der Waals surface area (Å²) in [6.07, 6.45) is -3.45. The molecule has 0 heterocycles. The molecule has 0 radical (unpaired) electrons. The van der Waals surface area contributed by atoms with Gasteiger partial charge in [0.1, 0.15) is 5.75 Å².